The first-order valence-corrected chi connectivity index (χ1v) is 8.51. The van der Waals surface area contributed by atoms with E-state index in [2.05, 4.69) is 18.5 Å². The third kappa shape index (κ3) is 5.86. The van der Waals surface area contributed by atoms with Crippen LogP contribution in [0.15, 0.2) is 43.5 Å². The number of rotatable bonds is 11. The Morgan fingerprint density at radius 1 is 1.36 bits per heavy atom. The van der Waals surface area contributed by atoms with Gasteiger partial charge in [0.15, 0.2) is 6.29 Å². The summed E-state index contributed by atoms with van der Waals surface area (Å²) in [5.74, 6) is -0.696. The van der Waals surface area contributed by atoms with Gasteiger partial charge < -0.3 is 19.7 Å². The summed E-state index contributed by atoms with van der Waals surface area (Å²) in [5.41, 5.74) is -1.70. The minimum Gasteiger partial charge on any atom is -0.356 e. The van der Waals surface area contributed by atoms with Crippen LogP contribution in [0.3, 0.4) is 0 Å². The predicted molar refractivity (Wildman–Crippen MR) is 103 cm³/mol. The van der Waals surface area contributed by atoms with Crippen molar-refractivity contribution in [3.05, 3.63) is 65.0 Å². The average molecular weight is 395 g/mol. The van der Waals surface area contributed by atoms with E-state index in [1.807, 2.05) is 0 Å². The van der Waals surface area contributed by atoms with Gasteiger partial charge in [-0.3, -0.25) is 10.1 Å². The molecule has 0 saturated heterocycles. The van der Waals surface area contributed by atoms with Crippen LogP contribution in [0.1, 0.15) is 18.9 Å². The summed E-state index contributed by atoms with van der Waals surface area (Å²) in [4.78, 5) is 24.7. The van der Waals surface area contributed by atoms with Crippen molar-refractivity contribution in [3.63, 3.8) is 0 Å². The molecular weight excluding hydrogens is 369 g/mol. The highest BCUT2D eigenvalue weighted by atomic mass is 19.1. The molecule has 0 unspecified atom stereocenters. The van der Waals surface area contributed by atoms with Crippen LogP contribution in [-0.4, -0.2) is 49.5 Å². The number of halogens is 1. The Balaban J connectivity index is 3.39. The van der Waals surface area contributed by atoms with E-state index < -0.39 is 28.6 Å². The molecule has 9 heteroatoms. The first-order valence-electron chi connectivity index (χ1n) is 8.51. The molecular formula is C19H26FN3O5. The number of methoxy groups -OCH3 is 2. The maximum Gasteiger partial charge on any atom is 0.318 e. The highest BCUT2D eigenvalue weighted by Gasteiger charge is 2.36. The van der Waals surface area contributed by atoms with Crippen molar-refractivity contribution in [2.24, 2.45) is 0 Å². The molecule has 0 saturated carbocycles. The summed E-state index contributed by atoms with van der Waals surface area (Å²) < 4.78 is 25.0. The quantitative estimate of drug-likeness (QED) is 0.268. The van der Waals surface area contributed by atoms with Crippen LogP contribution in [0.25, 0.3) is 0 Å². The fraction of sp³-hybridized carbons (Fsp3) is 0.421. The van der Waals surface area contributed by atoms with Gasteiger partial charge in [-0.25, -0.2) is 9.18 Å². The number of nitrogens with zero attached hydrogens (tertiary/aromatic N) is 2. The summed E-state index contributed by atoms with van der Waals surface area (Å²) >= 11 is 0. The molecule has 0 heterocycles. The third-order valence-electron chi connectivity index (χ3n) is 4.22. The molecule has 0 bridgehead atoms. The monoisotopic (exact) mass is 395 g/mol. The van der Waals surface area contributed by atoms with Crippen molar-refractivity contribution < 1.29 is 23.6 Å². The third-order valence-corrected chi connectivity index (χ3v) is 4.22. The van der Waals surface area contributed by atoms with Crippen LogP contribution >= 0.6 is 0 Å². The molecule has 154 valence electrons. The smallest absolute Gasteiger partial charge is 0.318 e. The zero-order valence-electron chi connectivity index (χ0n) is 16.3. The summed E-state index contributed by atoms with van der Waals surface area (Å²) in [7, 11) is 2.81. The van der Waals surface area contributed by atoms with Crippen molar-refractivity contribution in [1.82, 2.24) is 10.2 Å². The SMILES string of the molecule is C=CCN(CC=C)C(=O)N[C@@](C)(CC(OC)OC)c1cc([N+](=O)[O-])ccc1F. The molecule has 1 aromatic carbocycles. The van der Waals surface area contributed by atoms with E-state index >= 15 is 0 Å². The Hall–Kier alpha value is -2.78. The van der Waals surface area contributed by atoms with Gasteiger partial charge in [-0.05, 0) is 13.0 Å². The van der Waals surface area contributed by atoms with E-state index in [-0.39, 0.29) is 30.8 Å². The summed E-state index contributed by atoms with van der Waals surface area (Å²) in [6.07, 6.45) is 2.32. The molecule has 28 heavy (non-hydrogen) atoms. The van der Waals surface area contributed by atoms with Gasteiger partial charge in [-0.15, -0.1) is 13.2 Å². The fourth-order valence-electron chi connectivity index (χ4n) is 2.74. The molecule has 8 nitrogen and oxygen atoms in total. The molecule has 0 aliphatic carbocycles. The van der Waals surface area contributed by atoms with Crippen molar-refractivity contribution in [2.75, 3.05) is 27.3 Å². The summed E-state index contributed by atoms with van der Waals surface area (Å²) in [6.45, 7) is 9.25. The zero-order chi connectivity index (χ0) is 21.3. The van der Waals surface area contributed by atoms with Crippen molar-refractivity contribution >= 4 is 11.7 Å². The van der Waals surface area contributed by atoms with E-state index in [1.54, 1.807) is 19.1 Å². The lowest BCUT2D eigenvalue weighted by Gasteiger charge is -2.36. The number of non-ortho nitro benzene ring substituents is 1. The fourth-order valence-corrected chi connectivity index (χ4v) is 2.74. The molecule has 0 aliphatic heterocycles. The van der Waals surface area contributed by atoms with Gasteiger partial charge in [0.2, 0.25) is 0 Å². The van der Waals surface area contributed by atoms with E-state index in [0.29, 0.717) is 0 Å². The minimum absolute atomic E-state index is 0.0137. The van der Waals surface area contributed by atoms with Crippen LogP contribution in [0.4, 0.5) is 14.9 Å². The Labute approximate surface area is 163 Å². The van der Waals surface area contributed by atoms with E-state index in [9.17, 15) is 19.3 Å². The normalized spacial score (nSPS) is 12.9. The number of urea groups is 1. The lowest BCUT2D eigenvalue weighted by molar-refractivity contribution is -0.385. The molecule has 0 aromatic heterocycles. The first kappa shape index (κ1) is 23.3. The molecule has 1 aromatic rings. The van der Waals surface area contributed by atoms with Gasteiger partial charge in [-0.2, -0.15) is 0 Å². The number of hydrogen-bond donors (Lipinski definition) is 1. The maximum atomic E-state index is 14.6. The molecule has 0 radical (unpaired) electrons. The van der Waals surface area contributed by atoms with Gasteiger partial charge in [-0.1, -0.05) is 12.2 Å². The first-order chi connectivity index (χ1) is 13.2. The Morgan fingerprint density at radius 2 is 1.93 bits per heavy atom. The van der Waals surface area contributed by atoms with Gasteiger partial charge >= 0.3 is 6.03 Å². The number of ether oxygens (including phenoxy) is 2. The second-order valence-corrected chi connectivity index (χ2v) is 6.27. The Morgan fingerprint density at radius 3 is 2.39 bits per heavy atom. The average Bonchev–Trinajstić information content (AvgIpc) is 2.65. The lowest BCUT2D eigenvalue weighted by atomic mass is 9.87. The molecule has 0 spiro atoms. The van der Waals surface area contributed by atoms with Crippen LogP contribution in [0.2, 0.25) is 0 Å². The number of carbonyl (C=O) groups is 1. The van der Waals surface area contributed by atoms with Crippen LogP contribution in [0.5, 0.6) is 0 Å². The number of nitro benzene ring substituents is 1. The predicted octanol–water partition coefficient (Wildman–Crippen LogP) is 3.34. The van der Waals surface area contributed by atoms with Gasteiger partial charge in [0.25, 0.3) is 5.69 Å². The highest BCUT2D eigenvalue weighted by Crippen LogP contribution is 2.32. The van der Waals surface area contributed by atoms with E-state index in [0.717, 1.165) is 18.2 Å². The van der Waals surface area contributed by atoms with Crippen LogP contribution in [0, 0.1) is 15.9 Å². The Kier molecular flexibility index (Phi) is 8.75. The Bertz CT molecular complexity index is 714. The van der Waals surface area contributed by atoms with E-state index in [1.165, 1.54) is 19.1 Å². The van der Waals surface area contributed by atoms with Gasteiger partial charge in [0.1, 0.15) is 5.82 Å². The molecule has 0 aliphatic rings. The highest BCUT2D eigenvalue weighted by molar-refractivity contribution is 5.75. The molecule has 0 fully saturated rings. The number of benzene rings is 1. The largest absolute Gasteiger partial charge is 0.356 e. The second-order valence-electron chi connectivity index (χ2n) is 6.27. The molecule has 2 amide bonds. The topological polar surface area (TPSA) is 93.9 Å². The zero-order valence-corrected chi connectivity index (χ0v) is 16.3. The number of hydrogen-bond acceptors (Lipinski definition) is 5. The lowest BCUT2D eigenvalue weighted by Crippen LogP contribution is -2.52. The second kappa shape index (κ2) is 10.5. The number of carbonyl (C=O) groups excluding carboxylic acids is 1. The number of nitrogens with one attached hydrogen (secondary N) is 1. The molecule has 1 N–H and O–H groups in total. The van der Waals surface area contributed by atoms with Crippen molar-refractivity contribution in [1.29, 1.82) is 0 Å². The summed E-state index contributed by atoms with van der Waals surface area (Å²) in [6, 6.07) is 2.65. The molecule has 1 rings (SSSR count). The van der Waals surface area contributed by atoms with Crippen LogP contribution < -0.4 is 5.32 Å². The molecule has 1 atom stereocenters. The number of amides is 2. The van der Waals surface area contributed by atoms with Gasteiger partial charge in [0.05, 0.1) is 10.5 Å². The van der Waals surface area contributed by atoms with Crippen molar-refractivity contribution in [2.45, 2.75) is 25.2 Å². The summed E-state index contributed by atoms with van der Waals surface area (Å²) in [5, 5.41) is 13.9. The van der Waals surface area contributed by atoms with E-state index in [4.69, 9.17) is 9.47 Å². The minimum atomic E-state index is -1.36. The van der Waals surface area contributed by atoms with Gasteiger partial charge in [0, 0.05) is 51.4 Å². The van der Waals surface area contributed by atoms with Crippen LogP contribution in [-0.2, 0) is 15.0 Å². The number of nitro groups is 1. The van der Waals surface area contributed by atoms with Crippen molar-refractivity contribution in [3.8, 4) is 0 Å². The maximum absolute atomic E-state index is 14.6. The standard InChI is InChI=1S/C19H26FN3O5/c1-6-10-22(11-7-2)18(24)21-19(3,13-17(27-4)28-5)15-12-14(23(25)26)8-9-16(15)20/h6-9,12,17H,1-2,10-11,13H2,3-5H3,(H,21,24)/t19-/m0/s1.